The van der Waals surface area contributed by atoms with E-state index in [0.717, 1.165) is 17.0 Å². The summed E-state index contributed by atoms with van der Waals surface area (Å²) in [6.07, 6.45) is 3.39. The average molecular weight is 464 g/mol. The lowest BCUT2D eigenvalue weighted by Crippen LogP contribution is -2.32. The summed E-state index contributed by atoms with van der Waals surface area (Å²) in [5.74, 6) is 1.08. The Labute approximate surface area is 195 Å². The summed E-state index contributed by atoms with van der Waals surface area (Å²) < 4.78 is 20.5. The number of carbonyl (C=O) groups is 1. The number of hydrogen-bond donors (Lipinski definition) is 0. The van der Waals surface area contributed by atoms with E-state index >= 15 is 0 Å². The van der Waals surface area contributed by atoms with Crippen molar-refractivity contribution < 1.29 is 13.9 Å². The number of halogens is 1. The van der Waals surface area contributed by atoms with Crippen molar-refractivity contribution in [3.05, 3.63) is 78.9 Å². The number of hydrogen-bond acceptors (Lipinski definition) is 6. The second-order valence-electron chi connectivity index (χ2n) is 6.98. The van der Waals surface area contributed by atoms with Gasteiger partial charge in [-0.1, -0.05) is 11.8 Å². The molecule has 0 aliphatic carbocycles. The molecule has 0 aliphatic heterocycles. The summed E-state index contributed by atoms with van der Waals surface area (Å²) in [5, 5.41) is 9.32. The van der Waals surface area contributed by atoms with Crippen molar-refractivity contribution in [3.63, 3.8) is 0 Å². The highest BCUT2D eigenvalue weighted by Crippen LogP contribution is 2.29. The largest absolute Gasteiger partial charge is 0.497 e. The predicted molar refractivity (Wildman–Crippen MR) is 126 cm³/mol. The maximum atomic E-state index is 13.3. The molecule has 4 rings (SSSR count). The maximum Gasteiger partial charge on any atom is 0.237 e. The van der Waals surface area contributed by atoms with Gasteiger partial charge >= 0.3 is 0 Å². The fourth-order valence-electron chi connectivity index (χ4n) is 3.34. The molecule has 9 heteroatoms. The number of rotatable bonds is 8. The van der Waals surface area contributed by atoms with Crippen LogP contribution in [0.4, 0.5) is 10.1 Å². The van der Waals surface area contributed by atoms with Gasteiger partial charge in [-0.2, -0.15) is 0 Å². The smallest absolute Gasteiger partial charge is 0.237 e. The zero-order chi connectivity index (χ0) is 23.2. The van der Waals surface area contributed by atoms with Crippen LogP contribution < -0.4 is 9.64 Å². The minimum absolute atomic E-state index is 0.108. The van der Waals surface area contributed by atoms with Crippen LogP contribution in [0, 0.1) is 5.82 Å². The molecular weight excluding hydrogens is 441 g/mol. The minimum atomic E-state index is -0.340. The van der Waals surface area contributed by atoms with Crippen LogP contribution in [0.2, 0.25) is 0 Å². The van der Waals surface area contributed by atoms with E-state index in [4.69, 9.17) is 4.74 Å². The number of aromatic nitrogens is 4. The number of nitrogens with zero attached hydrogens (tertiary/aromatic N) is 5. The second kappa shape index (κ2) is 10.3. The molecule has 168 valence electrons. The van der Waals surface area contributed by atoms with Crippen LogP contribution in [-0.4, -0.2) is 45.1 Å². The molecule has 0 spiro atoms. The summed E-state index contributed by atoms with van der Waals surface area (Å²) >= 11 is 1.29. The molecule has 0 aliphatic rings. The van der Waals surface area contributed by atoms with E-state index in [0.29, 0.717) is 23.2 Å². The number of benzene rings is 2. The zero-order valence-corrected chi connectivity index (χ0v) is 19.0. The molecule has 7 nitrogen and oxygen atoms in total. The first-order valence-corrected chi connectivity index (χ1v) is 11.3. The Hall–Kier alpha value is -3.72. The minimum Gasteiger partial charge on any atom is -0.497 e. The van der Waals surface area contributed by atoms with Crippen LogP contribution in [0.15, 0.2) is 78.2 Å². The molecule has 0 saturated carbocycles. The molecular formula is C24H22FN5O2S. The molecule has 0 radical (unpaired) electrons. The molecule has 0 bridgehead atoms. The summed E-state index contributed by atoms with van der Waals surface area (Å²) in [7, 11) is 1.61. The van der Waals surface area contributed by atoms with Crippen LogP contribution in [-0.2, 0) is 4.79 Å². The van der Waals surface area contributed by atoms with Crippen molar-refractivity contribution in [2.75, 3.05) is 24.3 Å². The number of carbonyl (C=O) groups excluding carboxylic acids is 1. The van der Waals surface area contributed by atoms with E-state index in [-0.39, 0.29) is 17.5 Å². The van der Waals surface area contributed by atoms with Crippen LogP contribution in [0.1, 0.15) is 6.92 Å². The monoisotopic (exact) mass is 463 g/mol. The number of anilines is 1. The van der Waals surface area contributed by atoms with Crippen molar-refractivity contribution in [1.82, 2.24) is 19.7 Å². The predicted octanol–water partition coefficient (Wildman–Crippen LogP) is 4.62. The fourth-order valence-corrected chi connectivity index (χ4v) is 4.17. The van der Waals surface area contributed by atoms with E-state index < -0.39 is 0 Å². The van der Waals surface area contributed by atoms with Crippen LogP contribution >= 0.6 is 11.8 Å². The van der Waals surface area contributed by atoms with Gasteiger partial charge in [0.1, 0.15) is 11.6 Å². The molecule has 0 atom stereocenters. The lowest BCUT2D eigenvalue weighted by molar-refractivity contribution is -0.116. The maximum absolute atomic E-state index is 13.3. The molecule has 0 saturated heterocycles. The van der Waals surface area contributed by atoms with Crippen molar-refractivity contribution in [3.8, 4) is 22.8 Å². The van der Waals surface area contributed by atoms with Gasteiger partial charge < -0.3 is 9.64 Å². The average Bonchev–Trinajstić information content (AvgIpc) is 3.29. The highest BCUT2D eigenvalue weighted by molar-refractivity contribution is 7.99. The highest BCUT2D eigenvalue weighted by Gasteiger charge is 2.20. The number of ether oxygens (including phenoxy) is 1. The van der Waals surface area contributed by atoms with Crippen LogP contribution in [0.5, 0.6) is 5.75 Å². The summed E-state index contributed by atoms with van der Waals surface area (Å²) in [6.45, 7) is 2.35. The quantitative estimate of drug-likeness (QED) is 0.355. The number of pyridine rings is 1. The Kier molecular flexibility index (Phi) is 6.99. The number of thioether (sulfide) groups is 1. The van der Waals surface area contributed by atoms with Crippen molar-refractivity contribution in [1.29, 1.82) is 0 Å². The van der Waals surface area contributed by atoms with Gasteiger partial charge in [0.25, 0.3) is 0 Å². The van der Waals surface area contributed by atoms with Gasteiger partial charge in [0, 0.05) is 35.9 Å². The summed E-state index contributed by atoms with van der Waals surface area (Å²) in [5.41, 5.74) is 2.35. The third-order valence-corrected chi connectivity index (χ3v) is 5.90. The van der Waals surface area contributed by atoms with Gasteiger partial charge in [0.15, 0.2) is 11.0 Å². The van der Waals surface area contributed by atoms with E-state index in [2.05, 4.69) is 15.2 Å². The summed E-state index contributed by atoms with van der Waals surface area (Å²) in [4.78, 5) is 18.7. The van der Waals surface area contributed by atoms with Crippen LogP contribution in [0.25, 0.3) is 17.1 Å². The number of amides is 1. The Morgan fingerprint density at radius 3 is 2.36 bits per heavy atom. The Bertz CT molecular complexity index is 1210. The lowest BCUT2D eigenvalue weighted by Gasteiger charge is -2.21. The third kappa shape index (κ3) is 5.04. The van der Waals surface area contributed by atoms with E-state index in [9.17, 15) is 9.18 Å². The molecule has 2 heterocycles. The molecule has 2 aromatic heterocycles. The molecule has 0 N–H and O–H groups in total. The Morgan fingerprint density at radius 1 is 1.03 bits per heavy atom. The van der Waals surface area contributed by atoms with Gasteiger partial charge in [0.05, 0.1) is 12.9 Å². The van der Waals surface area contributed by atoms with Crippen molar-refractivity contribution in [2.45, 2.75) is 12.1 Å². The van der Waals surface area contributed by atoms with Gasteiger partial charge in [-0.25, -0.2) is 4.39 Å². The van der Waals surface area contributed by atoms with E-state index in [1.54, 1.807) is 36.5 Å². The van der Waals surface area contributed by atoms with E-state index in [1.807, 2.05) is 47.9 Å². The first-order chi connectivity index (χ1) is 16.1. The normalized spacial score (nSPS) is 10.8. The lowest BCUT2D eigenvalue weighted by atomic mass is 10.2. The van der Waals surface area contributed by atoms with Gasteiger partial charge in [-0.05, 0) is 67.6 Å². The SMILES string of the molecule is CCN(C(=O)CSc1nnc(-c2ccncc2)n1-c1ccc(OC)cc1)c1ccc(F)cc1. The Balaban J connectivity index is 1.62. The highest BCUT2D eigenvalue weighted by atomic mass is 32.2. The molecule has 33 heavy (non-hydrogen) atoms. The van der Waals surface area contributed by atoms with Gasteiger partial charge in [0.2, 0.25) is 5.91 Å². The van der Waals surface area contributed by atoms with Gasteiger partial charge in [-0.15, -0.1) is 10.2 Å². The fraction of sp³-hybridized carbons (Fsp3) is 0.167. The first kappa shape index (κ1) is 22.5. The Morgan fingerprint density at radius 2 is 1.73 bits per heavy atom. The zero-order valence-electron chi connectivity index (χ0n) is 18.2. The molecule has 4 aromatic rings. The molecule has 2 aromatic carbocycles. The molecule has 1 amide bonds. The summed E-state index contributed by atoms with van der Waals surface area (Å²) in [6, 6.07) is 17.2. The van der Waals surface area contributed by atoms with Crippen molar-refractivity contribution in [2.24, 2.45) is 0 Å². The van der Waals surface area contributed by atoms with Gasteiger partial charge in [-0.3, -0.25) is 14.3 Å². The molecule has 0 fully saturated rings. The van der Waals surface area contributed by atoms with Crippen LogP contribution in [0.3, 0.4) is 0 Å². The molecule has 0 unspecified atom stereocenters. The van der Waals surface area contributed by atoms with E-state index in [1.165, 1.54) is 23.9 Å². The number of methoxy groups -OCH3 is 1. The van der Waals surface area contributed by atoms with Crippen molar-refractivity contribution >= 4 is 23.4 Å². The first-order valence-electron chi connectivity index (χ1n) is 10.3. The topological polar surface area (TPSA) is 73.1 Å². The standard InChI is InChI=1S/C24H22FN5O2S/c1-3-29(19-6-4-18(25)5-7-19)22(31)16-33-24-28-27-23(17-12-14-26-15-13-17)30(24)20-8-10-21(32-2)11-9-20/h4-15H,3,16H2,1-2H3. The second-order valence-corrected chi connectivity index (χ2v) is 7.92. The third-order valence-electron chi connectivity index (χ3n) is 4.98.